The minimum Gasteiger partial charge on any atom is -0.352 e. The van der Waals surface area contributed by atoms with Gasteiger partial charge in [-0.3, -0.25) is 14.4 Å². The Balaban J connectivity index is 1.60. The van der Waals surface area contributed by atoms with Crippen molar-refractivity contribution in [2.45, 2.75) is 19.0 Å². The SMILES string of the molecule is Cn1nc(CN2C[C@@H]3CC(=O)N[C@@H]3C2)c2c(Cl)cccc21. The molecule has 2 fully saturated rings. The highest BCUT2D eigenvalue weighted by molar-refractivity contribution is 6.35. The summed E-state index contributed by atoms with van der Waals surface area (Å²) in [6.45, 7) is 2.63. The molecule has 110 valence electrons. The molecule has 0 saturated carbocycles. The van der Waals surface area contributed by atoms with Crippen molar-refractivity contribution >= 4 is 28.4 Å². The zero-order chi connectivity index (χ0) is 14.6. The molecule has 21 heavy (non-hydrogen) atoms. The molecule has 2 aromatic rings. The Kier molecular flexibility index (Phi) is 2.94. The molecule has 1 N–H and O–H groups in total. The first-order valence-electron chi connectivity index (χ1n) is 7.23. The van der Waals surface area contributed by atoms with Gasteiger partial charge in [0.25, 0.3) is 0 Å². The molecule has 4 rings (SSSR count). The van der Waals surface area contributed by atoms with Crippen LogP contribution >= 0.6 is 11.6 Å². The van der Waals surface area contributed by atoms with Crippen LogP contribution in [0, 0.1) is 5.92 Å². The van der Waals surface area contributed by atoms with Crippen LogP contribution in [0.15, 0.2) is 18.2 Å². The third-order valence-electron chi connectivity index (χ3n) is 4.58. The summed E-state index contributed by atoms with van der Waals surface area (Å²) in [5.41, 5.74) is 2.08. The van der Waals surface area contributed by atoms with Crippen molar-refractivity contribution < 1.29 is 4.79 Å². The summed E-state index contributed by atoms with van der Waals surface area (Å²) < 4.78 is 1.88. The van der Waals surface area contributed by atoms with Gasteiger partial charge in [0.1, 0.15) is 0 Å². The van der Waals surface area contributed by atoms with Crippen LogP contribution in [0.4, 0.5) is 0 Å². The molecule has 3 heterocycles. The summed E-state index contributed by atoms with van der Waals surface area (Å²) >= 11 is 6.35. The number of benzene rings is 1. The predicted octanol–water partition coefficient (Wildman–Crippen LogP) is 1.55. The van der Waals surface area contributed by atoms with Gasteiger partial charge < -0.3 is 5.32 Å². The molecule has 6 heteroatoms. The van der Waals surface area contributed by atoms with Gasteiger partial charge in [-0.25, -0.2) is 0 Å². The van der Waals surface area contributed by atoms with Crippen LogP contribution in [0.1, 0.15) is 12.1 Å². The minimum absolute atomic E-state index is 0.191. The molecule has 1 aromatic heterocycles. The summed E-state index contributed by atoms with van der Waals surface area (Å²) in [7, 11) is 1.95. The standard InChI is InChI=1S/C15H17ClN4O/c1-19-13-4-2-3-10(16)15(13)12(18-19)8-20-6-9-5-14(21)17-11(9)7-20/h2-4,9,11H,5-8H2,1H3,(H,17,21)/t9-,11+/m0/s1. The second-order valence-electron chi connectivity index (χ2n) is 6.04. The number of nitrogens with zero attached hydrogens (tertiary/aromatic N) is 3. The van der Waals surface area contributed by atoms with Crippen molar-refractivity contribution in [2.24, 2.45) is 13.0 Å². The maximum Gasteiger partial charge on any atom is 0.220 e. The van der Waals surface area contributed by atoms with Gasteiger partial charge in [0.2, 0.25) is 5.91 Å². The van der Waals surface area contributed by atoms with Crippen molar-refractivity contribution in [3.63, 3.8) is 0 Å². The number of aromatic nitrogens is 2. The predicted molar refractivity (Wildman–Crippen MR) is 81.0 cm³/mol. The molecule has 0 radical (unpaired) electrons. The number of likely N-dealkylation sites (tertiary alicyclic amines) is 1. The second-order valence-corrected chi connectivity index (χ2v) is 6.44. The number of aryl methyl sites for hydroxylation is 1. The van der Waals surface area contributed by atoms with Gasteiger partial charge in [0.05, 0.1) is 16.2 Å². The lowest BCUT2D eigenvalue weighted by Gasteiger charge is -2.15. The Morgan fingerprint density at radius 1 is 1.43 bits per heavy atom. The van der Waals surface area contributed by atoms with Crippen LogP contribution in [0.2, 0.25) is 5.02 Å². The van der Waals surface area contributed by atoms with E-state index in [1.807, 2.05) is 29.9 Å². The van der Waals surface area contributed by atoms with Gasteiger partial charge in [-0.05, 0) is 12.1 Å². The fraction of sp³-hybridized carbons (Fsp3) is 0.467. The highest BCUT2D eigenvalue weighted by Gasteiger charge is 2.40. The molecule has 2 aliphatic heterocycles. The van der Waals surface area contributed by atoms with E-state index in [9.17, 15) is 4.79 Å². The molecule has 0 bridgehead atoms. The lowest BCUT2D eigenvalue weighted by atomic mass is 10.1. The smallest absolute Gasteiger partial charge is 0.220 e. The largest absolute Gasteiger partial charge is 0.352 e. The highest BCUT2D eigenvalue weighted by atomic mass is 35.5. The Labute approximate surface area is 127 Å². The summed E-state index contributed by atoms with van der Waals surface area (Å²) in [6.07, 6.45) is 0.658. The summed E-state index contributed by atoms with van der Waals surface area (Å²) in [4.78, 5) is 13.7. The average Bonchev–Trinajstić information content (AvgIpc) is 3.03. The van der Waals surface area contributed by atoms with E-state index in [1.165, 1.54) is 0 Å². The number of carbonyl (C=O) groups excluding carboxylic acids is 1. The van der Waals surface area contributed by atoms with Crippen LogP contribution in [-0.2, 0) is 18.4 Å². The van der Waals surface area contributed by atoms with Crippen LogP contribution < -0.4 is 5.32 Å². The zero-order valence-electron chi connectivity index (χ0n) is 11.8. The lowest BCUT2D eigenvalue weighted by molar-refractivity contribution is -0.119. The molecule has 2 saturated heterocycles. The molecule has 1 aromatic carbocycles. The Hall–Kier alpha value is -1.59. The van der Waals surface area contributed by atoms with Crippen molar-refractivity contribution in [2.75, 3.05) is 13.1 Å². The maximum atomic E-state index is 11.4. The minimum atomic E-state index is 0.191. The summed E-state index contributed by atoms with van der Waals surface area (Å²) in [5.74, 6) is 0.638. The van der Waals surface area contributed by atoms with Gasteiger partial charge in [-0.15, -0.1) is 0 Å². The van der Waals surface area contributed by atoms with E-state index in [0.717, 1.165) is 41.3 Å². The second kappa shape index (κ2) is 4.71. The average molecular weight is 305 g/mol. The quantitative estimate of drug-likeness (QED) is 0.916. The van der Waals surface area contributed by atoms with Crippen molar-refractivity contribution in [1.82, 2.24) is 20.0 Å². The third-order valence-corrected chi connectivity index (χ3v) is 4.90. The van der Waals surface area contributed by atoms with Crippen molar-refractivity contribution in [1.29, 1.82) is 0 Å². The van der Waals surface area contributed by atoms with E-state index in [1.54, 1.807) is 0 Å². The molecular weight excluding hydrogens is 288 g/mol. The Bertz CT molecular complexity index is 710. The molecule has 5 nitrogen and oxygen atoms in total. The van der Waals surface area contributed by atoms with Crippen molar-refractivity contribution in [3.8, 4) is 0 Å². The topological polar surface area (TPSA) is 50.2 Å². The van der Waals surface area contributed by atoms with E-state index in [0.29, 0.717) is 18.4 Å². The normalized spacial score (nSPS) is 25.5. The fourth-order valence-electron chi connectivity index (χ4n) is 3.64. The van der Waals surface area contributed by atoms with E-state index in [4.69, 9.17) is 11.6 Å². The summed E-state index contributed by atoms with van der Waals surface area (Å²) in [5, 5.41) is 9.48. The number of carbonyl (C=O) groups is 1. The highest BCUT2D eigenvalue weighted by Crippen LogP contribution is 2.30. The van der Waals surface area contributed by atoms with Crippen molar-refractivity contribution in [3.05, 3.63) is 28.9 Å². The molecule has 0 unspecified atom stereocenters. The Morgan fingerprint density at radius 3 is 3.10 bits per heavy atom. The number of fused-ring (bicyclic) bond motifs is 2. The molecule has 0 aliphatic carbocycles. The van der Waals surface area contributed by atoms with E-state index in [-0.39, 0.29) is 5.91 Å². The van der Waals surface area contributed by atoms with Gasteiger partial charge in [-0.1, -0.05) is 17.7 Å². The number of hydrogen-bond acceptors (Lipinski definition) is 3. The first-order chi connectivity index (χ1) is 10.1. The van der Waals surface area contributed by atoms with Gasteiger partial charge in [0, 0.05) is 50.4 Å². The van der Waals surface area contributed by atoms with Crippen LogP contribution in [-0.4, -0.2) is 39.7 Å². The van der Waals surface area contributed by atoms with Crippen LogP contribution in [0.3, 0.4) is 0 Å². The van der Waals surface area contributed by atoms with E-state index < -0.39 is 0 Å². The van der Waals surface area contributed by atoms with E-state index in [2.05, 4.69) is 15.3 Å². The van der Waals surface area contributed by atoms with E-state index >= 15 is 0 Å². The van der Waals surface area contributed by atoms with Gasteiger partial charge in [-0.2, -0.15) is 5.10 Å². The third kappa shape index (κ3) is 2.12. The number of hydrogen-bond donors (Lipinski definition) is 1. The molecule has 1 amide bonds. The Morgan fingerprint density at radius 2 is 2.29 bits per heavy atom. The number of halogens is 1. The monoisotopic (exact) mass is 304 g/mol. The number of amides is 1. The molecule has 0 spiro atoms. The maximum absolute atomic E-state index is 11.4. The first kappa shape index (κ1) is 13.1. The lowest BCUT2D eigenvalue weighted by Crippen LogP contribution is -2.32. The fourth-order valence-corrected chi connectivity index (χ4v) is 3.92. The zero-order valence-corrected chi connectivity index (χ0v) is 12.6. The van der Waals surface area contributed by atoms with Gasteiger partial charge in [0.15, 0.2) is 0 Å². The molecule has 2 atom stereocenters. The first-order valence-corrected chi connectivity index (χ1v) is 7.61. The van der Waals surface area contributed by atoms with Gasteiger partial charge >= 0.3 is 0 Å². The number of nitrogens with one attached hydrogen (secondary N) is 1. The molecular formula is C15H17ClN4O. The van der Waals surface area contributed by atoms with Crippen LogP contribution in [0.25, 0.3) is 10.9 Å². The number of rotatable bonds is 2. The van der Waals surface area contributed by atoms with Crippen LogP contribution in [0.5, 0.6) is 0 Å². The summed E-state index contributed by atoms with van der Waals surface area (Å²) in [6, 6.07) is 6.21. The molecule has 2 aliphatic rings.